The Morgan fingerprint density at radius 1 is 0.867 bits per heavy atom. The van der Waals surface area contributed by atoms with Gasteiger partial charge in [0, 0.05) is 29.0 Å². The van der Waals surface area contributed by atoms with E-state index in [1.807, 2.05) is 68.4 Å². The Morgan fingerprint density at radius 2 is 1.51 bits per heavy atom. The van der Waals surface area contributed by atoms with Crippen molar-refractivity contribution in [2.45, 2.75) is 50.6 Å². The quantitative estimate of drug-likeness (QED) is 0.141. The fraction of sp³-hybridized carbons (Fsp3) is 0.257. The maximum Gasteiger partial charge on any atom is 0.264 e. The number of benzene rings is 4. The van der Waals surface area contributed by atoms with Gasteiger partial charge in [-0.2, -0.15) is 0 Å². The lowest BCUT2D eigenvalue weighted by molar-refractivity contribution is -0.140. The first-order valence-electron chi connectivity index (χ1n) is 14.8. The SMILES string of the molecule is CCCCNC(=O)[C@H](Cc1ccccc1)N(Cc1ccc(Br)cc1)C(=O)CN(c1ccc(C)cc1)S(=O)(=O)c1ccc(Cl)cc1. The molecule has 0 aliphatic heterocycles. The van der Waals surface area contributed by atoms with Crippen LogP contribution in [0.5, 0.6) is 0 Å². The minimum absolute atomic E-state index is 0.00196. The van der Waals surface area contributed by atoms with Gasteiger partial charge in [0.15, 0.2) is 0 Å². The lowest BCUT2D eigenvalue weighted by Crippen LogP contribution is -2.53. The molecule has 4 rings (SSSR count). The van der Waals surface area contributed by atoms with Crippen LogP contribution in [-0.4, -0.2) is 44.3 Å². The molecular weight excluding hydrogens is 674 g/mol. The Morgan fingerprint density at radius 3 is 2.13 bits per heavy atom. The number of hydrogen-bond donors (Lipinski definition) is 1. The standard InChI is InChI=1S/C35H37BrClN3O4S/c1-3-4-22-38-35(42)33(23-27-8-6-5-7-9-27)39(24-28-12-14-29(36)15-13-28)34(41)25-40(31-18-10-26(2)11-19-31)45(43,44)32-20-16-30(37)17-21-32/h5-21,33H,3-4,22-25H2,1-2H3,(H,38,42)/t33-/m0/s1. The minimum atomic E-state index is -4.19. The van der Waals surface area contributed by atoms with Gasteiger partial charge in [0.2, 0.25) is 11.8 Å². The predicted molar refractivity (Wildman–Crippen MR) is 184 cm³/mol. The number of halogens is 2. The molecule has 1 atom stereocenters. The van der Waals surface area contributed by atoms with E-state index in [-0.39, 0.29) is 23.8 Å². The fourth-order valence-corrected chi connectivity index (χ4v) is 6.62. The highest BCUT2D eigenvalue weighted by Gasteiger charge is 2.34. The Balaban J connectivity index is 1.78. The van der Waals surface area contributed by atoms with E-state index in [4.69, 9.17) is 11.6 Å². The van der Waals surface area contributed by atoms with Crippen LogP contribution in [0.25, 0.3) is 0 Å². The van der Waals surface area contributed by atoms with Gasteiger partial charge in [-0.1, -0.05) is 101 Å². The third-order valence-corrected chi connectivity index (χ3v) is 9.94. The van der Waals surface area contributed by atoms with Crippen molar-refractivity contribution in [2.75, 3.05) is 17.4 Å². The number of amides is 2. The second-order valence-corrected chi connectivity index (χ2v) is 14.0. The second kappa shape index (κ2) is 16.1. The summed E-state index contributed by atoms with van der Waals surface area (Å²) in [5, 5.41) is 3.40. The molecule has 0 spiro atoms. The van der Waals surface area contributed by atoms with Gasteiger partial charge in [0.1, 0.15) is 12.6 Å². The molecule has 7 nitrogen and oxygen atoms in total. The highest BCUT2D eigenvalue weighted by atomic mass is 79.9. The van der Waals surface area contributed by atoms with Crippen LogP contribution in [0.4, 0.5) is 5.69 Å². The van der Waals surface area contributed by atoms with Crippen molar-refractivity contribution in [1.29, 1.82) is 0 Å². The van der Waals surface area contributed by atoms with Crippen molar-refractivity contribution in [1.82, 2.24) is 10.2 Å². The molecule has 10 heteroatoms. The number of hydrogen-bond acceptors (Lipinski definition) is 4. The van der Waals surface area contributed by atoms with E-state index >= 15 is 0 Å². The van der Waals surface area contributed by atoms with Gasteiger partial charge in [-0.25, -0.2) is 8.42 Å². The number of rotatable bonds is 14. The summed E-state index contributed by atoms with van der Waals surface area (Å²) in [6, 6.07) is 28.9. The van der Waals surface area contributed by atoms with Crippen molar-refractivity contribution in [3.8, 4) is 0 Å². The van der Waals surface area contributed by atoms with Crippen molar-refractivity contribution >= 4 is 55.1 Å². The highest BCUT2D eigenvalue weighted by Crippen LogP contribution is 2.26. The van der Waals surface area contributed by atoms with Crippen LogP contribution in [0.1, 0.15) is 36.5 Å². The van der Waals surface area contributed by atoms with Crippen LogP contribution in [0.2, 0.25) is 5.02 Å². The van der Waals surface area contributed by atoms with E-state index in [1.165, 1.54) is 29.2 Å². The van der Waals surface area contributed by atoms with Gasteiger partial charge in [-0.05, 0) is 73.0 Å². The molecular formula is C35H37BrClN3O4S. The first-order chi connectivity index (χ1) is 21.6. The summed E-state index contributed by atoms with van der Waals surface area (Å²) in [6.45, 7) is 4.00. The molecule has 0 fully saturated rings. The fourth-order valence-electron chi connectivity index (χ4n) is 4.82. The molecule has 0 heterocycles. The van der Waals surface area contributed by atoms with Crippen LogP contribution in [0, 0.1) is 6.92 Å². The predicted octanol–water partition coefficient (Wildman–Crippen LogP) is 7.16. The molecule has 0 aliphatic carbocycles. The van der Waals surface area contributed by atoms with E-state index in [0.717, 1.165) is 38.3 Å². The molecule has 4 aromatic carbocycles. The average Bonchev–Trinajstić information content (AvgIpc) is 3.03. The van der Waals surface area contributed by atoms with E-state index < -0.39 is 28.5 Å². The first kappa shape index (κ1) is 34.2. The van der Waals surface area contributed by atoms with Gasteiger partial charge in [-0.3, -0.25) is 13.9 Å². The number of anilines is 1. The first-order valence-corrected chi connectivity index (χ1v) is 17.4. The average molecular weight is 711 g/mol. The monoisotopic (exact) mass is 709 g/mol. The summed E-state index contributed by atoms with van der Waals surface area (Å²) >= 11 is 9.51. The molecule has 236 valence electrons. The van der Waals surface area contributed by atoms with Gasteiger partial charge in [-0.15, -0.1) is 0 Å². The van der Waals surface area contributed by atoms with Crippen molar-refractivity contribution in [2.24, 2.45) is 0 Å². The summed E-state index contributed by atoms with van der Waals surface area (Å²) in [6.07, 6.45) is 1.96. The Bertz CT molecular complexity index is 1670. The molecule has 0 aliphatic rings. The second-order valence-electron chi connectivity index (χ2n) is 10.8. The number of aryl methyl sites for hydroxylation is 1. The molecule has 1 N–H and O–H groups in total. The Kier molecular flexibility index (Phi) is 12.2. The summed E-state index contributed by atoms with van der Waals surface area (Å²) in [4.78, 5) is 29.8. The van der Waals surface area contributed by atoms with E-state index in [0.29, 0.717) is 17.3 Å². The van der Waals surface area contributed by atoms with Crippen LogP contribution in [-0.2, 0) is 32.6 Å². The smallest absolute Gasteiger partial charge is 0.264 e. The van der Waals surface area contributed by atoms with Gasteiger partial charge in [0.25, 0.3) is 10.0 Å². The number of unbranched alkanes of at least 4 members (excludes halogenated alkanes) is 1. The zero-order valence-corrected chi connectivity index (χ0v) is 28.5. The van der Waals surface area contributed by atoms with Crippen molar-refractivity contribution in [3.63, 3.8) is 0 Å². The molecule has 2 amide bonds. The topological polar surface area (TPSA) is 86.8 Å². The zero-order valence-electron chi connectivity index (χ0n) is 25.3. The molecule has 0 aromatic heterocycles. The van der Waals surface area contributed by atoms with E-state index in [1.54, 1.807) is 24.3 Å². The number of nitrogens with zero attached hydrogens (tertiary/aromatic N) is 2. The summed E-state index contributed by atoms with van der Waals surface area (Å²) in [5.41, 5.74) is 2.95. The Labute approximate surface area is 279 Å². The molecule has 4 aromatic rings. The number of carbonyl (C=O) groups is 2. The lowest BCUT2D eigenvalue weighted by Gasteiger charge is -2.34. The molecule has 0 saturated heterocycles. The third kappa shape index (κ3) is 9.42. The van der Waals surface area contributed by atoms with Crippen LogP contribution in [0.3, 0.4) is 0 Å². The molecule has 0 radical (unpaired) electrons. The van der Waals surface area contributed by atoms with E-state index in [9.17, 15) is 18.0 Å². The van der Waals surface area contributed by atoms with Crippen LogP contribution in [0.15, 0.2) is 112 Å². The zero-order chi connectivity index (χ0) is 32.4. The summed E-state index contributed by atoms with van der Waals surface area (Å²) in [7, 11) is -4.19. The number of sulfonamides is 1. The number of carbonyl (C=O) groups excluding carboxylic acids is 2. The van der Waals surface area contributed by atoms with Crippen LogP contribution >= 0.6 is 27.5 Å². The largest absolute Gasteiger partial charge is 0.354 e. The molecule has 0 saturated carbocycles. The summed E-state index contributed by atoms with van der Waals surface area (Å²) < 4.78 is 30.1. The van der Waals surface area contributed by atoms with Gasteiger partial charge < -0.3 is 10.2 Å². The van der Waals surface area contributed by atoms with Crippen LogP contribution < -0.4 is 9.62 Å². The van der Waals surface area contributed by atoms with Crippen molar-refractivity contribution < 1.29 is 18.0 Å². The minimum Gasteiger partial charge on any atom is -0.354 e. The molecule has 0 bridgehead atoms. The number of nitrogens with one attached hydrogen (secondary N) is 1. The van der Waals surface area contributed by atoms with Gasteiger partial charge >= 0.3 is 0 Å². The Hall–Kier alpha value is -3.66. The van der Waals surface area contributed by atoms with E-state index in [2.05, 4.69) is 21.2 Å². The lowest BCUT2D eigenvalue weighted by atomic mass is 10.0. The highest BCUT2D eigenvalue weighted by molar-refractivity contribution is 9.10. The van der Waals surface area contributed by atoms with Crippen molar-refractivity contribution in [3.05, 3.63) is 129 Å². The summed E-state index contributed by atoms with van der Waals surface area (Å²) in [5.74, 6) is -0.803. The molecule has 0 unspecified atom stereocenters. The third-order valence-electron chi connectivity index (χ3n) is 7.37. The molecule has 45 heavy (non-hydrogen) atoms. The van der Waals surface area contributed by atoms with Gasteiger partial charge in [0.05, 0.1) is 10.6 Å². The normalized spacial score (nSPS) is 11.9. The maximum absolute atomic E-state index is 14.5. The maximum atomic E-state index is 14.5.